The Hall–Kier alpha value is -3.02. The molecule has 2 aromatic rings. The molecule has 132 valence electrons. The number of anilines is 1. The van der Waals surface area contributed by atoms with Crippen molar-refractivity contribution in [1.82, 2.24) is 10.6 Å². The van der Waals surface area contributed by atoms with Crippen LogP contribution < -0.4 is 20.7 Å². The summed E-state index contributed by atoms with van der Waals surface area (Å²) in [6.07, 6.45) is 0. The molecule has 0 unspecified atom stereocenters. The smallest absolute Gasteiger partial charge is 0.315 e. The Labute approximate surface area is 147 Å². The molecule has 0 radical (unpaired) electrons. The first kappa shape index (κ1) is 18.3. The molecule has 6 nitrogen and oxygen atoms in total. The van der Waals surface area contributed by atoms with Gasteiger partial charge in [-0.1, -0.05) is 24.3 Å². The Morgan fingerprint density at radius 2 is 1.80 bits per heavy atom. The fourth-order valence-electron chi connectivity index (χ4n) is 2.19. The zero-order valence-corrected chi connectivity index (χ0v) is 14.5. The van der Waals surface area contributed by atoms with E-state index in [2.05, 4.69) is 16.0 Å². The summed E-state index contributed by atoms with van der Waals surface area (Å²) < 4.78 is 5.57. The van der Waals surface area contributed by atoms with Crippen molar-refractivity contribution in [3.8, 4) is 5.75 Å². The zero-order valence-electron chi connectivity index (χ0n) is 14.5. The van der Waals surface area contributed by atoms with E-state index in [0.29, 0.717) is 19.7 Å². The maximum atomic E-state index is 11.8. The maximum absolute atomic E-state index is 11.8. The molecule has 25 heavy (non-hydrogen) atoms. The van der Waals surface area contributed by atoms with E-state index in [1.807, 2.05) is 43.3 Å². The van der Waals surface area contributed by atoms with Crippen LogP contribution in [0.25, 0.3) is 0 Å². The number of rotatable bonds is 7. The van der Waals surface area contributed by atoms with E-state index in [1.165, 1.54) is 6.92 Å². The van der Waals surface area contributed by atoms with Gasteiger partial charge in [-0.2, -0.15) is 0 Å². The van der Waals surface area contributed by atoms with E-state index in [4.69, 9.17) is 4.74 Å². The molecule has 0 fully saturated rings. The average molecular weight is 341 g/mol. The van der Waals surface area contributed by atoms with Gasteiger partial charge in [0.2, 0.25) is 5.91 Å². The number of amides is 3. The molecule has 6 heteroatoms. The first-order valence-corrected chi connectivity index (χ1v) is 8.10. The minimum atomic E-state index is -0.251. The van der Waals surface area contributed by atoms with Crippen molar-refractivity contribution in [1.29, 1.82) is 0 Å². The summed E-state index contributed by atoms with van der Waals surface area (Å²) in [5.41, 5.74) is 2.81. The third kappa shape index (κ3) is 6.95. The highest BCUT2D eigenvalue weighted by Crippen LogP contribution is 2.11. The minimum absolute atomic E-state index is 0.113. The van der Waals surface area contributed by atoms with Crippen LogP contribution >= 0.6 is 0 Å². The van der Waals surface area contributed by atoms with Crippen LogP contribution in [0.15, 0.2) is 48.5 Å². The van der Waals surface area contributed by atoms with Crippen molar-refractivity contribution >= 4 is 17.6 Å². The molecule has 0 bridgehead atoms. The number of urea groups is 1. The van der Waals surface area contributed by atoms with Gasteiger partial charge in [0, 0.05) is 19.2 Å². The zero-order chi connectivity index (χ0) is 18.1. The van der Waals surface area contributed by atoms with Crippen molar-refractivity contribution in [3.63, 3.8) is 0 Å². The first-order valence-electron chi connectivity index (χ1n) is 8.10. The van der Waals surface area contributed by atoms with Gasteiger partial charge in [-0.25, -0.2) is 4.79 Å². The summed E-state index contributed by atoms with van der Waals surface area (Å²) in [6.45, 7) is 4.69. The standard InChI is InChI=1S/C19H23N3O3/c1-14-4-3-5-18(12-14)25-11-10-20-19(24)21-13-16-6-8-17(9-7-16)22-15(2)23/h3-9,12H,10-11,13H2,1-2H3,(H,22,23)(H2,20,21,24). The lowest BCUT2D eigenvalue weighted by atomic mass is 10.2. The summed E-state index contributed by atoms with van der Waals surface area (Å²) in [7, 11) is 0. The number of hydrogen-bond acceptors (Lipinski definition) is 3. The van der Waals surface area contributed by atoms with Crippen LogP contribution in [-0.4, -0.2) is 25.1 Å². The van der Waals surface area contributed by atoms with Crippen molar-refractivity contribution in [2.24, 2.45) is 0 Å². The highest BCUT2D eigenvalue weighted by atomic mass is 16.5. The normalized spacial score (nSPS) is 10.0. The van der Waals surface area contributed by atoms with Crippen LogP contribution in [0.5, 0.6) is 5.75 Å². The highest BCUT2D eigenvalue weighted by molar-refractivity contribution is 5.88. The Morgan fingerprint density at radius 1 is 1.04 bits per heavy atom. The number of carbonyl (C=O) groups is 2. The Morgan fingerprint density at radius 3 is 2.48 bits per heavy atom. The lowest BCUT2D eigenvalue weighted by Gasteiger charge is -2.10. The van der Waals surface area contributed by atoms with E-state index in [1.54, 1.807) is 12.1 Å². The Balaban J connectivity index is 1.64. The second-order valence-corrected chi connectivity index (χ2v) is 5.65. The first-order chi connectivity index (χ1) is 12.0. The van der Waals surface area contributed by atoms with E-state index in [0.717, 1.165) is 22.6 Å². The monoisotopic (exact) mass is 341 g/mol. The lowest BCUT2D eigenvalue weighted by molar-refractivity contribution is -0.114. The molecule has 0 saturated carbocycles. The van der Waals surface area contributed by atoms with E-state index in [9.17, 15) is 9.59 Å². The average Bonchev–Trinajstić information content (AvgIpc) is 2.58. The van der Waals surface area contributed by atoms with E-state index < -0.39 is 0 Å². The molecular formula is C19H23N3O3. The van der Waals surface area contributed by atoms with Crippen molar-refractivity contribution in [3.05, 3.63) is 59.7 Å². The third-order valence-electron chi connectivity index (χ3n) is 3.37. The molecule has 2 rings (SSSR count). The van der Waals surface area contributed by atoms with Crippen LogP contribution in [-0.2, 0) is 11.3 Å². The number of ether oxygens (including phenoxy) is 1. The summed E-state index contributed by atoms with van der Waals surface area (Å²) in [5.74, 6) is 0.680. The van der Waals surface area contributed by atoms with Gasteiger partial charge in [-0.15, -0.1) is 0 Å². The van der Waals surface area contributed by atoms with Gasteiger partial charge >= 0.3 is 6.03 Å². The SMILES string of the molecule is CC(=O)Nc1ccc(CNC(=O)NCCOc2cccc(C)c2)cc1. The summed E-state index contributed by atoms with van der Waals surface area (Å²) in [6, 6.07) is 14.8. The van der Waals surface area contributed by atoms with Gasteiger partial charge in [-0.05, 0) is 42.3 Å². The van der Waals surface area contributed by atoms with Gasteiger partial charge < -0.3 is 20.7 Å². The predicted octanol–water partition coefficient (Wildman–Crippen LogP) is 2.83. The largest absolute Gasteiger partial charge is 0.492 e. The van der Waals surface area contributed by atoms with E-state index in [-0.39, 0.29) is 11.9 Å². The molecule has 0 aliphatic carbocycles. The molecule has 0 saturated heterocycles. The van der Waals surface area contributed by atoms with Crippen LogP contribution in [0.3, 0.4) is 0 Å². The van der Waals surface area contributed by atoms with Gasteiger partial charge in [0.1, 0.15) is 12.4 Å². The second kappa shape index (κ2) is 9.32. The Bertz CT molecular complexity index is 714. The van der Waals surface area contributed by atoms with Gasteiger partial charge in [0.15, 0.2) is 0 Å². The van der Waals surface area contributed by atoms with Crippen LogP contribution in [0.2, 0.25) is 0 Å². The molecule has 3 N–H and O–H groups in total. The lowest BCUT2D eigenvalue weighted by Crippen LogP contribution is -2.37. The summed E-state index contributed by atoms with van der Waals surface area (Å²) in [5, 5.41) is 8.21. The third-order valence-corrected chi connectivity index (χ3v) is 3.37. The second-order valence-electron chi connectivity index (χ2n) is 5.65. The molecule has 0 aromatic heterocycles. The van der Waals surface area contributed by atoms with Crippen LogP contribution in [0, 0.1) is 6.92 Å². The number of nitrogens with one attached hydrogen (secondary N) is 3. The summed E-state index contributed by atoms with van der Waals surface area (Å²) in [4.78, 5) is 22.7. The molecular weight excluding hydrogens is 318 g/mol. The number of benzene rings is 2. The van der Waals surface area contributed by atoms with Gasteiger partial charge in [0.25, 0.3) is 0 Å². The minimum Gasteiger partial charge on any atom is -0.492 e. The number of aryl methyl sites for hydroxylation is 1. The molecule has 0 aliphatic rings. The van der Waals surface area contributed by atoms with Gasteiger partial charge in [0.05, 0.1) is 6.54 Å². The van der Waals surface area contributed by atoms with Gasteiger partial charge in [-0.3, -0.25) is 4.79 Å². The molecule has 0 heterocycles. The van der Waals surface area contributed by atoms with Crippen molar-refractivity contribution < 1.29 is 14.3 Å². The fourth-order valence-corrected chi connectivity index (χ4v) is 2.19. The molecule has 0 spiro atoms. The maximum Gasteiger partial charge on any atom is 0.315 e. The molecule has 3 amide bonds. The molecule has 0 atom stereocenters. The molecule has 2 aromatic carbocycles. The summed E-state index contributed by atoms with van der Waals surface area (Å²) >= 11 is 0. The number of hydrogen-bond donors (Lipinski definition) is 3. The fraction of sp³-hybridized carbons (Fsp3) is 0.263. The van der Waals surface area contributed by atoms with Crippen LogP contribution in [0.4, 0.5) is 10.5 Å². The van der Waals surface area contributed by atoms with Crippen LogP contribution in [0.1, 0.15) is 18.1 Å². The van der Waals surface area contributed by atoms with Crippen molar-refractivity contribution in [2.75, 3.05) is 18.5 Å². The van der Waals surface area contributed by atoms with Crippen molar-refractivity contribution in [2.45, 2.75) is 20.4 Å². The predicted molar refractivity (Wildman–Crippen MR) is 97.7 cm³/mol. The van der Waals surface area contributed by atoms with E-state index >= 15 is 0 Å². The highest BCUT2D eigenvalue weighted by Gasteiger charge is 2.01. The molecule has 0 aliphatic heterocycles. The number of carbonyl (C=O) groups excluding carboxylic acids is 2. The topological polar surface area (TPSA) is 79.5 Å². The Kier molecular flexibility index (Phi) is 6.83. The quantitative estimate of drug-likeness (QED) is 0.678.